The average Bonchev–Trinajstić information content (AvgIpc) is 3.34. The first-order chi connectivity index (χ1) is 15.5. The van der Waals surface area contributed by atoms with Crippen molar-refractivity contribution in [1.82, 2.24) is 19.5 Å². The van der Waals surface area contributed by atoms with Crippen molar-refractivity contribution in [3.8, 4) is 0 Å². The summed E-state index contributed by atoms with van der Waals surface area (Å²) >= 11 is 9.17. The van der Waals surface area contributed by atoms with E-state index in [-0.39, 0.29) is 11.1 Å². The van der Waals surface area contributed by atoms with E-state index in [2.05, 4.69) is 16.9 Å². The molecule has 32 heavy (non-hydrogen) atoms. The van der Waals surface area contributed by atoms with Crippen LogP contribution in [0, 0.1) is 0 Å². The number of nitrogens with one attached hydrogen (secondary N) is 1. The highest BCUT2D eigenvalue weighted by atomic mass is 35.5. The number of hydrogen-bond donors (Lipinski definition) is 1. The molecule has 0 amide bonds. The van der Waals surface area contributed by atoms with E-state index >= 15 is 0 Å². The molecule has 6 nitrogen and oxygen atoms in total. The molecular formula is C23H23ClN4O2S2. The number of benzene rings is 1. The van der Waals surface area contributed by atoms with Crippen molar-refractivity contribution >= 4 is 55.8 Å². The Kier molecular flexibility index (Phi) is 6.09. The van der Waals surface area contributed by atoms with Gasteiger partial charge in [0.2, 0.25) is 0 Å². The lowest BCUT2D eigenvalue weighted by molar-refractivity contribution is 0.542. The number of nitrogens with zero attached hydrogens (tertiary/aromatic N) is 3. The Balaban J connectivity index is 1.52. The Morgan fingerprint density at radius 2 is 2.09 bits per heavy atom. The number of H-pyrrole nitrogens is 1. The molecule has 166 valence electrons. The lowest BCUT2D eigenvalue weighted by Crippen LogP contribution is -2.23. The Bertz CT molecular complexity index is 1440. The van der Waals surface area contributed by atoms with E-state index in [9.17, 15) is 9.59 Å². The second-order valence-electron chi connectivity index (χ2n) is 8.06. The van der Waals surface area contributed by atoms with Gasteiger partial charge in [-0.25, -0.2) is 9.97 Å². The SMILES string of the molecule is CCCCCn1c(SCc2nc3cc(Cl)ccc3c(=O)[nH]2)nc2sc3c(c2c1=O)CCC3. The molecule has 1 aliphatic rings. The molecule has 0 atom stereocenters. The van der Waals surface area contributed by atoms with Crippen LogP contribution in [-0.4, -0.2) is 19.5 Å². The lowest BCUT2D eigenvalue weighted by atomic mass is 10.2. The fraction of sp³-hybridized carbons (Fsp3) is 0.391. The molecule has 5 rings (SSSR count). The molecule has 1 N–H and O–H groups in total. The second kappa shape index (κ2) is 9.00. The van der Waals surface area contributed by atoms with E-state index in [1.807, 2.05) is 4.57 Å². The third-order valence-corrected chi connectivity index (χ3v) is 8.24. The number of fused-ring (bicyclic) bond motifs is 4. The first-order valence-corrected chi connectivity index (χ1v) is 13.1. The fourth-order valence-electron chi connectivity index (χ4n) is 4.25. The van der Waals surface area contributed by atoms with Crippen molar-refractivity contribution in [3.63, 3.8) is 0 Å². The second-order valence-corrected chi connectivity index (χ2v) is 10.5. The topological polar surface area (TPSA) is 80.6 Å². The predicted molar refractivity (Wildman–Crippen MR) is 132 cm³/mol. The maximum atomic E-state index is 13.5. The summed E-state index contributed by atoms with van der Waals surface area (Å²) in [5, 5.41) is 2.55. The standard InChI is InChI=1S/C23H23ClN4O2S2/c1-2-3-4-10-28-22(30)19-15-6-5-7-17(15)32-21(19)27-23(28)31-12-18-25-16-11-13(24)8-9-14(16)20(29)26-18/h8-9,11H,2-7,10,12H2,1H3,(H,25,26,29). The number of aromatic amines is 1. The first kappa shape index (κ1) is 21.7. The van der Waals surface area contributed by atoms with Crippen LogP contribution in [-0.2, 0) is 25.1 Å². The van der Waals surface area contributed by atoms with Gasteiger partial charge in [0.25, 0.3) is 11.1 Å². The quantitative estimate of drug-likeness (QED) is 0.217. The van der Waals surface area contributed by atoms with Gasteiger partial charge in [0, 0.05) is 16.4 Å². The van der Waals surface area contributed by atoms with E-state index in [0.717, 1.165) is 48.7 Å². The molecule has 0 bridgehead atoms. The van der Waals surface area contributed by atoms with Crippen molar-refractivity contribution < 1.29 is 0 Å². The minimum absolute atomic E-state index is 0.0692. The molecule has 0 radical (unpaired) electrons. The highest BCUT2D eigenvalue weighted by molar-refractivity contribution is 7.98. The largest absolute Gasteiger partial charge is 0.309 e. The molecule has 4 aromatic rings. The summed E-state index contributed by atoms with van der Waals surface area (Å²) in [7, 11) is 0. The maximum absolute atomic E-state index is 13.5. The van der Waals surface area contributed by atoms with Gasteiger partial charge in [-0.2, -0.15) is 0 Å². The number of halogens is 1. The molecule has 3 heterocycles. The third kappa shape index (κ3) is 4.00. The summed E-state index contributed by atoms with van der Waals surface area (Å²) in [4.78, 5) is 40.4. The lowest BCUT2D eigenvalue weighted by Gasteiger charge is -2.12. The van der Waals surface area contributed by atoms with Crippen LogP contribution in [0.5, 0.6) is 0 Å². The zero-order chi connectivity index (χ0) is 22.2. The summed E-state index contributed by atoms with van der Waals surface area (Å²) in [5.74, 6) is 0.951. The van der Waals surface area contributed by atoms with Crippen LogP contribution in [0.1, 0.15) is 48.9 Å². The number of unbranched alkanes of at least 4 members (excludes halogenated alkanes) is 2. The van der Waals surface area contributed by atoms with Crippen molar-refractivity contribution in [2.24, 2.45) is 0 Å². The van der Waals surface area contributed by atoms with Gasteiger partial charge in [0.05, 0.1) is 22.0 Å². The van der Waals surface area contributed by atoms with E-state index in [1.165, 1.54) is 22.2 Å². The number of thioether (sulfide) groups is 1. The van der Waals surface area contributed by atoms with E-state index < -0.39 is 0 Å². The van der Waals surface area contributed by atoms with Crippen LogP contribution in [0.3, 0.4) is 0 Å². The monoisotopic (exact) mass is 486 g/mol. The van der Waals surface area contributed by atoms with Gasteiger partial charge < -0.3 is 4.98 Å². The van der Waals surface area contributed by atoms with Gasteiger partial charge in [0.15, 0.2) is 5.16 Å². The minimum Gasteiger partial charge on any atom is -0.309 e. The molecule has 1 aromatic carbocycles. The summed E-state index contributed by atoms with van der Waals surface area (Å²) in [5.41, 5.74) is 1.65. The molecule has 0 fully saturated rings. The zero-order valence-corrected chi connectivity index (χ0v) is 20.1. The van der Waals surface area contributed by atoms with Crippen molar-refractivity contribution in [2.75, 3.05) is 0 Å². The number of hydrogen-bond acceptors (Lipinski definition) is 6. The Morgan fingerprint density at radius 3 is 2.94 bits per heavy atom. The Labute approximate surface area is 198 Å². The van der Waals surface area contributed by atoms with Crippen LogP contribution in [0.15, 0.2) is 32.9 Å². The summed E-state index contributed by atoms with van der Waals surface area (Å²) in [6.45, 7) is 2.81. The number of aryl methyl sites for hydroxylation is 2. The normalized spacial score (nSPS) is 13.3. The Morgan fingerprint density at radius 1 is 1.22 bits per heavy atom. The molecule has 0 saturated carbocycles. The van der Waals surface area contributed by atoms with Crippen LogP contribution >= 0.6 is 34.7 Å². The van der Waals surface area contributed by atoms with Gasteiger partial charge in [-0.05, 0) is 49.4 Å². The van der Waals surface area contributed by atoms with E-state index in [1.54, 1.807) is 29.5 Å². The molecule has 0 saturated heterocycles. The Hall–Kier alpha value is -2.16. The first-order valence-electron chi connectivity index (χ1n) is 10.9. The van der Waals surface area contributed by atoms with Gasteiger partial charge in [-0.1, -0.05) is 43.1 Å². The number of rotatable bonds is 7. The van der Waals surface area contributed by atoms with Gasteiger partial charge in [-0.15, -0.1) is 11.3 Å². The molecular weight excluding hydrogens is 464 g/mol. The number of thiophene rings is 1. The summed E-state index contributed by atoms with van der Waals surface area (Å²) < 4.78 is 1.82. The van der Waals surface area contributed by atoms with Gasteiger partial charge in [-0.3, -0.25) is 14.2 Å². The van der Waals surface area contributed by atoms with Crippen molar-refractivity contribution in [3.05, 3.63) is 60.2 Å². The van der Waals surface area contributed by atoms with Crippen LogP contribution in [0.4, 0.5) is 0 Å². The predicted octanol–water partition coefficient (Wildman–Crippen LogP) is 5.32. The fourth-order valence-corrected chi connectivity index (χ4v) is 6.61. The molecule has 0 aliphatic heterocycles. The molecule has 9 heteroatoms. The highest BCUT2D eigenvalue weighted by Gasteiger charge is 2.23. The smallest absolute Gasteiger partial charge is 0.263 e. The minimum atomic E-state index is -0.194. The van der Waals surface area contributed by atoms with Crippen LogP contribution < -0.4 is 11.1 Å². The summed E-state index contributed by atoms with van der Waals surface area (Å²) in [6, 6.07) is 5.05. The van der Waals surface area contributed by atoms with Crippen molar-refractivity contribution in [1.29, 1.82) is 0 Å². The number of aromatic nitrogens is 4. The summed E-state index contributed by atoms with van der Waals surface area (Å²) in [6.07, 6.45) is 6.22. The van der Waals surface area contributed by atoms with E-state index in [0.29, 0.717) is 39.2 Å². The van der Waals surface area contributed by atoms with Crippen molar-refractivity contribution in [2.45, 2.75) is 62.9 Å². The van der Waals surface area contributed by atoms with Crippen LogP contribution in [0.2, 0.25) is 5.02 Å². The van der Waals surface area contributed by atoms with Gasteiger partial charge in [0.1, 0.15) is 10.7 Å². The zero-order valence-electron chi connectivity index (χ0n) is 17.7. The van der Waals surface area contributed by atoms with E-state index in [4.69, 9.17) is 16.6 Å². The molecule has 3 aromatic heterocycles. The average molecular weight is 487 g/mol. The maximum Gasteiger partial charge on any atom is 0.263 e. The molecule has 1 aliphatic carbocycles. The van der Waals surface area contributed by atoms with Gasteiger partial charge >= 0.3 is 0 Å². The third-order valence-electron chi connectivity index (χ3n) is 5.83. The van der Waals surface area contributed by atoms with Crippen LogP contribution in [0.25, 0.3) is 21.1 Å². The molecule has 0 spiro atoms. The highest BCUT2D eigenvalue weighted by Crippen LogP contribution is 2.36. The molecule has 0 unspecified atom stereocenters.